The van der Waals surface area contributed by atoms with Gasteiger partial charge in [-0.3, -0.25) is 4.55 Å². The van der Waals surface area contributed by atoms with E-state index in [1.54, 1.807) is 26.4 Å². The highest BCUT2D eigenvalue weighted by molar-refractivity contribution is 7.85. The van der Waals surface area contributed by atoms with Crippen molar-refractivity contribution in [3.8, 4) is 11.5 Å². The second-order valence-electron chi connectivity index (χ2n) is 12.0. The molecule has 0 bridgehead atoms. The molecular formula is C41H46N2O5S. The lowest BCUT2D eigenvalue weighted by Crippen LogP contribution is -2.19. The van der Waals surface area contributed by atoms with Crippen LogP contribution in [0, 0.1) is 0 Å². The highest BCUT2D eigenvalue weighted by Crippen LogP contribution is 2.39. The van der Waals surface area contributed by atoms with Crippen LogP contribution in [0.1, 0.15) is 62.1 Å². The van der Waals surface area contributed by atoms with Gasteiger partial charge in [-0.1, -0.05) is 69.2 Å². The Labute approximate surface area is 291 Å². The van der Waals surface area contributed by atoms with Gasteiger partial charge in [-0.15, -0.1) is 0 Å². The molecule has 0 saturated heterocycles. The van der Waals surface area contributed by atoms with Crippen molar-refractivity contribution in [2.45, 2.75) is 50.3 Å². The Kier molecular flexibility index (Phi) is 12.0. The minimum atomic E-state index is -4.48. The van der Waals surface area contributed by atoms with Crippen molar-refractivity contribution in [2.75, 3.05) is 37.1 Å². The molecule has 0 saturated carbocycles. The van der Waals surface area contributed by atoms with Gasteiger partial charge in [0.15, 0.2) is 0 Å². The molecule has 0 aliphatic carbocycles. The molecular weight excluding hydrogens is 633 g/mol. The Morgan fingerprint density at radius 1 is 0.571 bits per heavy atom. The second kappa shape index (κ2) is 16.5. The minimum absolute atomic E-state index is 0.0984. The van der Waals surface area contributed by atoms with Gasteiger partial charge in [0, 0.05) is 41.8 Å². The molecule has 5 aromatic rings. The molecule has 1 N–H and O–H groups in total. The van der Waals surface area contributed by atoms with E-state index < -0.39 is 16.0 Å². The Morgan fingerprint density at radius 2 is 0.939 bits per heavy atom. The van der Waals surface area contributed by atoms with Crippen LogP contribution in [0.5, 0.6) is 11.5 Å². The molecule has 0 aliphatic heterocycles. The lowest BCUT2D eigenvalue weighted by Gasteiger charge is -2.27. The summed E-state index contributed by atoms with van der Waals surface area (Å²) in [6.45, 7) is 6.05. The summed E-state index contributed by atoms with van der Waals surface area (Å²) in [5.74, 6) is 1.16. The first-order valence-corrected chi connectivity index (χ1v) is 18.3. The molecule has 0 radical (unpaired) electrons. The SMILES string of the molecule is CCCCN(c1ccc(OC)cc1)c1ccc(C(c2ccc(N(CCCC)c3ccc(OC)cc3)cc2)c2ccccc2S(=O)(=O)O)cc1. The third-order valence-electron chi connectivity index (χ3n) is 8.82. The van der Waals surface area contributed by atoms with Crippen molar-refractivity contribution < 1.29 is 22.4 Å². The molecule has 49 heavy (non-hydrogen) atoms. The molecule has 8 heteroatoms. The summed E-state index contributed by atoms with van der Waals surface area (Å²) < 4.78 is 46.3. The number of hydrogen-bond acceptors (Lipinski definition) is 6. The zero-order chi connectivity index (χ0) is 34.8. The number of hydrogen-bond donors (Lipinski definition) is 1. The summed E-state index contributed by atoms with van der Waals surface area (Å²) >= 11 is 0. The summed E-state index contributed by atoms with van der Waals surface area (Å²) in [6.07, 6.45) is 4.17. The third-order valence-corrected chi connectivity index (χ3v) is 9.75. The molecule has 5 rings (SSSR count). The van der Waals surface area contributed by atoms with E-state index in [1.165, 1.54) is 6.07 Å². The van der Waals surface area contributed by atoms with Crippen LogP contribution in [-0.4, -0.2) is 40.3 Å². The summed E-state index contributed by atoms with van der Waals surface area (Å²) in [5.41, 5.74) is 6.54. The van der Waals surface area contributed by atoms with E-state index in [4.69, 9.17) is 9.47 Å². The first-order valence-electron chi connectivity index (χ1n) is 16.9. The van der Waals surface area contributed by atoms with Gasteiger partial charge in [-0.25, -0.2) is 0 Å². The fourth-order valence-corrected chi connectivity index (χ4v) is 6.90. The summed E-state index contributed by atoms with van der Waals surface area (Å²) in [7, 11) is -1.15. The van der Waals surface area contributed by atoms with Crippen LogP contribution >= 0.6 is 0 Å². The van der Waals surface area contributed by atoms with Crippen molar-refractivity contribution in [2.24, 2.45) is 0 Å². The van der Waals surface area contributed by atoms with Gasteiger partial charge < -0.3 is 19.3 Å². The lowest BCUT2D eigenvalue weighted by molar-refractivity contribution is 0.414. The van der Waals surface area contributed by atoms with Crippen LogP contribution in [0.3, 0.4) is 0 Å². The fraction of sp³-hybridized carbons (Fsp3) is 0.268. The van der Waals surface area contributed by atoms with Gasteiger partial charge in [0.25, 0.3) is 10.1 Å². The van der Waals surface area contributed by atoms with E-state index in [0.717, 1.165) is 84.1 Å². The molecule has 0 fully saturated rings. The molecule has 0 unspecified atom stereocenters. The Balaban J connectivity index is 1.56. The average Bonchev–Trinajstić information content (AvgIpc) is 3.13. The number of methoxy groups -OCH3 is 2. The number of benzene rings is 5. The van der Waals surface area contributed by atoms with E-state index in [0.29, 0.717) is 5.56 Å². The number of ether oxygens (including phenoxy) is 2. The Bertz CT molecular complexity index is 1770. The van der Waals surface area contributed by atoms with E-state index in [1.807, 2.05) is 30.3 Å². The number of anilines is 4. The summed E-state index contributed by atoms with van der Waals surface area (Å²) in [6, 6.07) is 39.4. The minimum Gasteiger partial charge on any atom is -0.497 e. The molecule has 5 aromatic carbocycles. The predicted molar refractivity (Wildman–Crippen MR) is 200 cm³/mol. The largest absolute Gasteiger partial charge is 0.497 e. The number of rotatable bonds is 16. The van der Waals surface area contributed by atoms with Crippen molar-refractivity contribution in [3.63, 3.8) is 0 Å². The molecule has 256 valence electrons. The smallest absolute Gasteiger partial charge is 0.294 e. The van der Waals surface area contributed by atoms with Gasteiger partial charge in [0.2, 0.25) is 0 Å². The summed E-state index contributed by atoms with van der Waals surface area (Å²) in [5, 5.41) is 0. The first kappa shape index (κ1) is 35.5. The standard InChI is InChI=1S/C41H46N2O5S/c1-5-7-29-42(35-21-25-37(47-3)26-22-35)33-17-13-31(14-18-33)41(39-11-9-10-12-40(39)49(44,45)46)32-15-19-34(20-16-32)43(30-8-6-2)36-23-27-38(48-4)28-24-36/h9-28,41H,5-8,29-30H2,1-4H3,(H,44,45,46). The first-order chi connectivity index (χ1) is 23.8. The number of nitrogens with zero attached hydrogens (tertiary/aromatic N) is 2. The lowest BCUT2D eigenvalue weighted by atomic mass is 9.85. The van der Waals surface area contributed by atoms with Crippen LogP contribution in [0.4, 0.5) is 22.7 Å². The van der Waals surface area contributed by atoms with E-state index in [9.17, 15) is 13.0 Å². The normalized spacial score (nSPS) is 11.4. The van der Waals surface area contributed by atoms with Gasteiger partial charge >= 0.3 is 0 Å². The molecule has 0 spiro atoms. The maximum absolute atomic E-state index is 12.6. The van der Waals surface area contributed by atoms with Crippen LogP contribution in [0.25, 0.3) is 0 Å². The van der Waals surface area contributed by atoms with Crippen LogP contribution in [0.15, 0.2) is 126 Å². The Hall–Kier alpha value is -4.79. The van der Waals surface area contributed by atoms with Gasteiger partial charge in [0.1, 0.15) is 11.5 Å². The van der Waals surface area contributed by atoms with Crippen LogP contribution in [0.2, 0.25) is 0 Å². The summed E-state index contributed by atoms with van der Waals surface area (Å²) in [4.78, 5) is 4.47. The maximum atomic E-state index is 12.6. The van der Waals surface area contributed by atoms with Crippen molar-refractivity contribution in [3.05, 3.63) is 138 Å². The zero-order valence-electron chi connectivity index (χ0n) is 28.7. The topological polar surface area (TPSA) is 79.3 Å². The molecule has 0 atom stereocenters. The molecule has 0 aliphatic rings. The zero-order valence-corrected chi connectivity index (χ0v) is 29.6. The van der Waals surface area contributed by atoms with Gasteiger partial charge in [-0.2, -0.15) is 8.42 Å². The van der Waals surface area contributed by atoms with E-state index in [-0.39, 0.29) is 4.90 Å². The van der Waals surface area contributed by atoms with Crippen molar-refractivity contribution >= 4 is 32.9 Å². The van der Waals surface area contributed by atoms with Crippen molar-refractivity contribution in [1.82, 2.24) is 0 Å². The highest BCUT2D eigenvalue weighted by Gasteiger charge is 2.25. The van der Waals surface area contributed by atoms with Crippen LogP contribution in [-0.2, 0) is 10.1 Å². The fourth-order valence-electron chi connectivity index (χ4n) is 6.17. The molecule has 0 heterocycles. The molecule has 7 nitrogen and oxygen atoms in total. The number of unbranched alkanes of at least 4 members (excludes halogenated alkanes) is 2. The van der Waals surface area contributed by atoms with Crippen LogP contribution < -0.4 is 19.3 Å². The predicted octanol–water partition coefficient (Wildman–Crippen LogP) is 10.0. The third kappa shape index (κ3) is 8.63. The highest BCUT2D eigenvalue weighted by atomic mass is 32.2. The van der Waals surface area contributed by atoms with Gasteiger partial charge in [0.05, 0.1) is 19.1 Å². The van der Waals surface area contributed by atoms with Crippen molar-refractivity contribution in [1.29, 1.82) is 0 Å². The molecule has 0 amide bonds. The Morgan fingerprint density at radius 3 is 1.29 bits per heavy atom. The second-order valence-corrected chi connectivity index (χ2v) is 13.4. The quantitative estimate of drug-likeness (QED) is 0.0822. The van der Waals surface area contributed by atoms with Gasteiger partial charge in [-0.05, 0) is 108 Å². The monoisotopic (exact) mass is 678 g/mol. The average molecular weight is 679 g/mol. The van der Waals surface area contributed by atoms with E-state index in [2.05, 4.69) is 96.4 Å². The maximum Gasteiger partial charge on any atom is 0.294 e. The molecule has 0 aromatic heterocycles. The van der Waals surface area contributed by atoms with E-state index >= 15 is 0 Å².